The Kier molecular flexibility index (Phi) is 10.3. The molecule has 2 aromatic rings. The number of amides is 2. The number of benzene rings is 2. The fraction of sp³-hybridized carbons (Fsp3) is 0.318. The standard InChI is InChI=1S/C22H26BrN3O4S/c1-3-4-5-8-13-30-18-10-7-6-9-16(18)21(28)24-22(31)26-25-20(27)15-11-12-19(29-2)17(23)14-15/h6-7,9-12,14H,3-5,8,13H2,1-2H3,(H,25,27)(H2,24,26,28,31). The van der Waals surface area contributed by atoms with Crippen LogP contribution in [-0.2, 0) is 0 Å². The molecular formula is C22H26BrN3O4S. The number of ether oxygens (including phenoxy) is 2. The first-order chi connectivity index (χ1) is 15.0. The molecule has 7 nitrogen and oxygen atoms in total. The number of rotatable bonds is 9. The van der Waals surface area contributed by atoms with Gasteiger partial charge in [-0.25, -0.2) is 0 Å². The zero-order valence-corrected chi connectivity index (χ0v) is 19.9. The van der Waals surface area contributed by atoms with E-state index in [2.05, 4.69) is 39.0 Å². The van der Waals surface area contributed by atoms with Crippen molar-refractivity contribution in [3.8, 4) is 11.5 Å². The van der Waals surface area contributed by atoms with Crippen molar-refractivity contribution in [2.45, 2.75) is 32.6 Å². The number of hydrazine groups is 1. The molecule has 0 saturated heterocycles. The van der Waals surface area contributed by atoms with Crippen LogP contribution in [-0.4, -0.2) is 30.6 Å². The van der Waals surface area contributed by atoms with Gasteiger partial charge in [0.15, 0.2) is 5.11 Å². The molecule has 0 fully saturated rings. The van der Waals surface area contributed by atoms with Crippen molar-refractivity contribution in [2.75, 3.05) is 13.7 Å². The highest BCUT2D eigenvalue weighted by molar-refractivity contribution is 9.10. The molecule has 166 valence electrons. The molecular weight excluding hydrogens is 482 g/mol. The second kappa shape index (κ2) is 12.9. The number of unbranched alkanes of at least 4 members (excludes halogenated alkanes) is 3. The molecule has 0 radical (unpaired) electrons. The molecule has 0 aliphatic heterocycles. The van der Waals surface area contributed by atoms with Gasteiger partial charge in [0.25, 0.3) is 11.8 Å². The van der Waals surface area contributed by atoms with Gasteiger partial charge < -0.3 is 9.47 Å². The van der Waals surface area contributed by atoms with E-state index >= 15 is 0 Å². The highest BCUT2D eigenvalue weighted by Crippen LogP contribution is 2.25. The van der Waals surface area contributed by atoms with Crippen molar-refractivity contribution in [2.24, 2.45) is 0 Å². The Labute approximate surface area is 196 Å². The third-order valence-corrected chi connectivity index (χ3v) is 5.14. The lowest BCUT2D eigenvalue weighted by atomic mass is 10.2. The quantitative estimate of drug-likeness (QED) is 0.265. The van der Waals surface area contributed by atoms with Gasteiger partial charge in [0.05, 0.1) is 23.8 Å². The normalized spacial score (nSPS) is 10.2. The summed E-state index contributed by atoms with van der Waals surface area (Å²) in [4.78, 5) is 24.9. The largest absolute Gasteiger partial charge is 0.496 e. The van der Waals surface area contributed by atoms with E-state index < -0.39 is 11.8 Å². The van der Waals surface area contributed by atoms with Gasteiger partial charge in [-0.05, 0) is 64.9 Å². The van der Waals surface area contributed by atoms with Gasteiger partial charge in [0.1, 0.15) is 11.5 Å². The molecule has 0 atom stereocenters. The molecule has 0 heterocycles. The second-order valence-corrected chi connectivity index (χ2v) is 7.88. The van der Waals surface area contributed by atoms with Crippen LogP contribution in [0, 0.1) is 0 Å². The number of halogens is 1. The first-order valence-corrected chi connectivity index (χ1v) is 11.1. The average Bonchev–Trinajstić information content (AvgIpc) is 2.77. The maximum absolute atomic E-state index is 12.6. The van der Waals surface area contributed by atoms with E-state index in [0.717, 1.165) is 25.7 Å². The van der Waals surface area contributed by atoms with Crippen LogP contribution in [0.2, 0.25) is 0 Å². The minimum Gasteiger partial charge on any atom is -0.496 e. The summed E-state index contributed by atoms with van der Waals surface area (Å²) < 4.78 is 11.5. The number of carbonyl (C=O) groups excluding carboxylic acids is 2. The van der Waals surface area contributed by atoms with Crippen molar-refractivity contribution in [3.63, 3.8) is 0 Å². The summed E-state index contributed by atoms with van der Waals surface area (Å²) >= 11 is 8.45. The van der Waals surface area contributed by atoms with Crippen molar-refractivity contribution >= 4 is 45.1 Å². The van der Waals surface area contributed by atoms with Crippen LogP contribution >= 0.6 is 28.1 Å². The number of thiocarbonyl (C=S) groups is 1. The molecule has 9 heteroatoms. The maximum atomic E-state index is 12.6. The van der Waals surface area contributed by atoms with Crippen LogP contribution in [0.5, 0.6) is 11.5 Å². The van der Waals surface area contributed by atoms with Crippen LogP contribution in [0.1, 0.15) is 53.3 Å². The van der Waals surface area contributed by atoms with Crippen molar-refractivity contribution in [1.82, 2.24) is 16.2 Å². The molecule has 0 aliphatic rings. The SMILES string of the molecule is CCCCCCOc1ccccc1C(=O)NC(=S)NNC(=O)c1ccc(OC)c(Br)c1. The predicted molar refractivity (Wildman–Crippen MR) is 127 cm³/mol. The van der Waals surface area contributed by atoms with Gasteiger partial charge in [-0.15, -0.1) is 0 Å². The summed E-state index contributed by atoms with van der Waals surface area (Å²) in [5.41, 5.74) is 5.73. The van der Waals surface area contributed by atoms with Gasteiger partial charge in [0, 0.05) is 5.56 Å². The van der Waals surface area contributed by atoms with Crippen molar-refractivity contribution in [1.29, 1.82) is 0 Å². The lowest BCUT2D eigenvalue weighted by molar-refractivity contribution is 0.0933. The minimum absolute atomic E-state index is 0.0383. The Morgan fingerprint density at radius 3 is 2.48 bits per heavy atom. The molecule has 0 saturated carbocycles. The van der Waals surface area contributed by atoms with E-state index in [-0.39, 0.29) is 5.11 Å². The van der Waals surface area contributed by atoms with Gasteiger partial charge in [-0.2, -0.15) is 0 Å². The third kappa shape index (κ3) is 7.84. The van der Waals surface area contributed by atoms with Gasteiger partial charge in [-0.1, -0.05) is 38.3 Å². The highest BCUT2D eigenvalue weighted by atomic mass is 79.9. The fourth-order valence-electron chi connectivity index (χ4n) is 2.69. The highest BCUT2D eigenvalue weighted by Gasteiger charge is 2.14. The first kappa shape index (κ1) is 24.6. The molecule has 2 rings (SSSR count). The summed E-state index contributed by atoms with van der Waals surface area (Å²) in [5, 5.41) is 2.50. The van der Waals surface area contributed by atoms with E-state index in [1.807, 2.05) is 6.07 Å². The number of methoxy groups -OCH3 is 1. The smallest absolute Gasteiger partial charge is 0.269 e. The van der Waals surface area contributed by atoms with Crippen LogP contribution in [0.4, 0.5) is 0 Å². The van der Waals surface area contributed by atoms with Gasteiger partial charge in [0.2, 0.25) is 0 Å². The van der Waals surface area contributed by atoms with Crippen LogP contribution in [0.3, 0.4) is 0 Å². The predicted octanol–water partition coefficient (Wildman–Crippen LogP) is 4.37. The third-order valence-electron chi connectivity index (χ3n) is 4.32. The number of para-hydroxylation sites is 1. The molecule has 31 heavy (non-hydrogen) atoms. The average molecular weight is 508 g/mol. The van der Waals surface area contributed by atoms with Gasteiger partial charge >= 0.3 is 0 Å². The molecule has 0 unspecified atom stereocenters. The van der Waals surface area contributed by atoms with Crippen LogP contribution in [0.15, 0.2) is 46.9 Å². The molecule has 3 N–H and O–H groups in total. The van der Waals surface area contributed by atoms with E-state index in [1.165, 1.54) is 7.11 Å². The Bertz CT molecular complexity index is 923. The van der Waals surface area contributed by atoms with E-state index in [4.69, 9.17) is 21.7 Å². The van der Waals surface area contributed by atoms with Crippen molar-refractivity contribution in [3.05, 3.63) is 58.1 Å². The Hall–Kier alpha value is -2.65. The zero-order valence-electron chi connectivity index (χ0n) is 17.5. The molecule has 0 aliphatic carbocycles. The zero-order chi connectivity index (χ0) is 22.6. The Morgan fingerprint density at radius 2 is 1.77 bits per heavy atom. The monoisotopic (exact) mass is 507 g/mol. The van der Waals surface area contributed by atoms with E-state index in [0.29, 0.717) is 33.7 Å². The topological polar surface area (TPSA) is 88.7 Å². The molecule has 0 aromatic heterocycles. The van der Waals surface area contributed by atoms with Crippen LogP contribution < -0.4 is 25.6 Å². The molecule has 2 aromatic carbocycles. The first-order valence-electron chi connectivity index (χ1n) is 9.93. The number of nitrogens with one attached hydrogen (secondary N) is 3. The lowest BCUT2D eigenvalue weighted by Gasteiger charge is -2.14. The Balaban J connectivity index is 1.87. The summed E-state index contributed by atoms with van der Waals surface area (Å²) in [6, 6.07) is 11.8. The maximum Gasteiger partial charge on any atom is 0.269 e. The lowest BCUT2D eigenvalue weighted by Crippen LogP contribution is -2.48. The van der Waals surface area contributed by atoms with E-state index in [1.54, 1.807) is 36.4 Å². The second-order valence-electron chi connectivity index (χ2n) is 6.62. The van der Waals surface area contributed by atoms with Gasteiger partial charge in [-0.3, -0.25) is 25.8 Å². The number of hydrogen-bond donors (Lipinski definition) is 3. The summed E-state index contributed by atoms with van der Waals surface area (Å²) in [6.07, 6.45) is 4.32. The van der Waals surface area contributed by atoms with E-state index in [9.17, 15) is 9.59 Å². The minimum atomic E-state index is -0.428. The molecule has 0 bridgehead atoms. The summed E-state index contributed by atoms with van der Waals surface area (Å²) in [7, 11) is 1.54. The summed E-state index contributed by atoms with van der Waals surface area (Å²) in [5.74, 6) is 0.254. The molecule has 2 amide bonds. The van der Waals surface area contributed by atoms with Crippen molar-refractivity contribution < 1.29 is 19.1 Å². The fourth-order valence-corrected chi connectivity index (χ4v) is 3.37. The summed E-state index contributed by atoms with van der Waals surface area (Å²) in [6.45, 7) is 2.69. The Morgan fingerprint density at radius 1 is 1.00 bits per heavy atom. The number of carbonyl (C=O) groups is 2. The molecule has 0 spiro atoms. The van der Waals surface area contributed by atoms with Crippen LogP contribution in [0.25, 0.3) is 0 Å². The number of hydrogen-bond acceptors (Lipinski definition) is 5.